The van der Waals surface area contributed by atoms with Gasteiger partial charge in [-0.15, -0.1) is 0 Å². The van der Waals surface area contributed by atoms with Gasteiger partial charge in [-0.25, -0.2) is 5.43 Å². The van der Waals surface area contributed by atoms with Gasteiger partial charge in [0.2, 0.25) is 5.91 Å². The minimum atomic E-state index is -0.116. The van der Waals surface area contributed by atoms with Crippen LogP contribution in [0.5, 0.6) is 0 Å². The standard InChI is InChI=1S/C18H27N5O/c1-22-10-7-15-14(12-22)17(21-20-15)18(24)23-9-3-2-6-16(23)13-5-4-8-19-11-13/h4-5,8,11,14-17,20-21H,2-3,6-7,9-10,12H2,1H3. The highest BCUT2D eigenvalue weighted by Crippen LogP contribution is 2.33. The average molecular weight is 329 g/mol. The van der Waals surface area contributed by atoms with E-state index in [1.165, 1.54) is 6.42 Å². The second-order valence-electron chi connectivity index (χ2n) is 7.42. The summed E-state index contributed by atoms with van der Waals surface area (Å²) in [6.45, 7) is 2.93. The molecule has 1 aromatic heterocycles. The molecule has 0 aliphatic carbocycles. The number of carbonyl (C=O) groups excluding carboxylic acids is 1. The molecule has 3 aliphatic heterocycles. The van der Waals surface area contributed by atoms with Crippen LogP contribution in [0.1, 0.15) is 37.3 Å². The van der Waals surface area contributed by atoms with Crippen LogP contribution in [0.15, 0.2) is 24.5 Å². The zero-order valence-electron chi connectivity index (χ0n) is 14.3. The fraction of sp³-hybridized carbons (Fsp3) is 0.667. The van der Waals surface area contributed by atoms with Gasteiger partial charge in [0.15, 0.2) is 0 Å². The zero-order chi connectivity index (χ0) is 16.5. The van der Waals surface area contributed by atoms with Gasteiger partial charge in [-0.2, -0.15) is 0 Å². The number of hydrogen-bond donors (Lipinski definition) is 2. The largest absolute Gasteiger partial charge is 0.334 e. The molecule has 4 rings (SSSR count). The van der Waals surface area contributed by atoms with Gasteiger partial charge in [-0.05, 0) is 50.9 Å². The van der Waals surface area contributed by atoms with E-state index in [1.54, 1.807) is 6.20 Å². The van der Waals surface area contributed by atoms with Crippen molar-refractivity contribution in [1.82, 2.24) is 25.6 Å². The number of rotatable bonds is 2. The maximum Gasteiger partial charge on any atom is 0.241 e. The summed E-state index contributed by atoms with van der Waals surface area (Å²) in [7, 11) is 2.15. The van der Waals surface area contributed by atoms with Crippen molar-refractivity contribution in [2.24, 2.45) is 5.92 Å². The van der Waals surface area contributed by atoms with Crippen LogP contribution < -0.4 is 10.9 Å². The molecule has 3 saturated heterocycles. The summed E-state index contributed by atoms with van der Waals surface area (Å²) in [5.74, 6) is 0.603. The molecule has 4 atom stereocenters. The van der Waals surface area contributed by atoms with E-state index in [4.69, 9.17) is 0 Å². The van der Waals surface area contributed by atoms with E-state index in [1.807, 2.05) is 12.3 Å². The van der Waals surface area contributed by atoms with Crippen LogP contribution in [-0.4, -0.2) is 59.5 Å². The number of nitrogens with one attached hydrogen (secondary N) is 2. The van der Waals surface area contributed by atoms with Gasteiger partial charge < -0.3 is 9.80 Å². The van der Waals surface area contributed by atoms with Gasteiger partial charge in [0.05, 0.1) is 6.04 Å². The van der Waals surface area contributed by atoms with Crippen LogP contribution in [0.4, 0.5) is 0 Å². The summed E-state index contributed by atoms with van der Waals surface area (Å²) >= 11 is 0. The van der Waals surface area contributed by atoms with Crippen molar-refractivity contribution in [3.05, 3.63) is 30.1 Å². The topological polar surface area (TPSA) is 60.5 Å². The van der Waals surface area contributed by atoms with E-state index < -0.39 is 0 Å². The number of likely N-dealkylation sites (tertiary alicyclic amines) is 2. The summed E-state index contributed by atoms with van der Waals surface area (Å²) in [5, 5.41) is 0. The molecule has 0 bridgehead atoms. The molecular weight excluding hydrogens is 302 g/mol. The van der Waals surface area contributed by atoms with Crippen molar-refractivity contribution in [2.45, 2.75) is 43.8 Å². The Morgan fingerprint density at radius 2 is 2.17 bits per heavy atom. The number of hydrazine groups is 1. The van der Waals surface area contributed by atoms with Gasteiger partial charge in [-0.3, -0.25) is 15.2 Å². The highest BCUT2D eigenvalue weighted by atomic mass is 16.2. The lowest BCUT2D eigenvalue weighted by Crippen LogP contribution is -2.52. The number of hydrogen-bond acceptors (Lipinski definition) is 5. The first kappa shape index (κ1) is 16.0. The van der Waals surface area contributed by atoms with Gasteiger partial charge in [-0.1, -0.05) is 6.07 Å². The lowest BCUT2D eigenvalue weighted by molar-refractivity contribution is -0.138. The van der Waals surface area contributed by atoms with Crippen LogP contribution in [0.25, 0.3) is 0 Å². The van der Waals surface area contributed by atoms with Gasteiger partial charge in [0.1, 0.15) is 6.04 Å². The van der Waals surface area contributed by atoms with Crippen LogP contribution >= 0.6 is 0 Å². The number of amides is 1. The Bertz CT molecular complexity index is 580. The number of fused-ring (bicyclic) bond motifs is 1. The summed E-state index contributed by atoms with van der Waals surface area (Å²) in [4.78, 5) is 22.0. The Morgan fingerprint density at radius 3 is 3.00 bits per heavy atom. The second-order valence-corrected chi connectivity index (χ2v) is 7.42. The van der Waals surface area contributed by atoms with Crippen molar-refractivity contribution in [3.8, 4) is 0 Å². The van der Waals surface area contributed by atoms with E-state index >= 15 is 0 Å². The summed E-state index contributed by atoms with van der Waals surface area (Å²) < 4.78 is 0. The molecule has 0 aromatic carbocycles. The minimum Gasteiger partial charge on any atom is -0.334 e. The Kier molecular flexibility index (Phi) is 4.52. The third-order valence-corrected chi connectivity index (χ3v) is 5.83. The number of carbonyl (C=O) groups is 1. The minimum absolute atomic E-state index is 0.116. The molecule has 3 fully saturated rings. The molecule has 3 aliphatic rings. The van der Waals surface area contributed by atoms with E-state index in [2.05, 4.69) is 38.7 Å². The Morgan fingerprint density at radius 1 is 1.25 bits per heavy atom. The monoisotopic (exact) mass is 329 g/mol. The Labute approximate surface area is 143 Å². The van der Waals surface area contributed by atoms with Crippen LogP contribution in [0.3, 0.4) is 0 Å². The lowest BCUT2D eigenvalue weighted by atomic mass is 9.87. The number of pyridine rings is 1. The fourth-order valence-electron chi connectivity index (χ4n) is 4.51. The summed E-state index contributed by atoms with van der Waals surface area (Å²) in [5.41, 5.74) is 7.83. The molecule has 4 heterocycles. The van der Waals surface area contributed by atoms with Crippen LogP contribution in [0.2, 0.25) is 0 Å². The molecular formula is C18H27N5O. The van der Waals surface area contributed by atoms with E-state index in [9.17, 15) is 4.79 Å². The van der Waals surface area contributed by atoms with Crippen molar-refractivity contribution < 1.29 is 4.79 Å². The second kappa shape index (κ2) is 6.78. The van der Waals surface area contributed by atoms with E-state index in [0.717, 1.165) is 44.5 Å². The summed E-state index contributed by atoms with van der Waals surface area (Å²) in [6, 6.07) is 4.53. The molecule has 0 spiro atoms. The van der Waals surface area contributed by atoms with E-state index in [-0.39, 0.29) is 18.0 Å². The maximum absolute atomic E-state index is 13.3. The molecule has 1 amide bonds. The van der Waals surface area contributed by atoms with Gasteiger partial charge in [0.25, 0.3) is 0 Å². The van der Waals surface area contributed by atoms with Crippen molar-refractivity contribution in [2.75, 3.05) is 26.7 Å². The zero-order valence-corrected chi connectivity index (χ0v) is 14.3. The molecule has 0 radical (unpaired) electrons. The maximum atomic E-state index is 13.3. The van der Waals surface area contributed by atoms with E-state index in [0.29, 0.717) is 12.0 Å². The van der Waals surface area contributed by atoms with Crippen LogP contribution in [-0.2, 0) is 4.79 Å². The van der Waals surface area contributed by atoms with Crippen LogP contribution in [0, 0.1) is 5.92 Å². The first-order valence-corrected chi connectivity index (χ1v) is 9.14. The molecule has 0 saturated carbocycles. The number of aromatic nitrogens is 1. The molecule has 4 unspecified atom stereocenters. The molecule has 24 heavy (non-hydrogen) atoms. The lowest BCUT2D eigenvalue weighted by Gasteiger charge is -2.39. The SMILES string of the molecule is CN1CCC2NNC(C(=O)N3CCCCC3c3cccnc3)C2C1. The predicted molar refractivity (Wildman–Crippen MR) is 92.0 cm³/mol. The van der Waals surface area contributed by atoms with Crippen molar-refractivity contribution in [1.29, 1.82) is 0 Å². The number of nitrogens with zero attached hydrogens (tertiary/aromatic N) is 3. The normalized spacial score (nSPS) is 34.1. The fourth-order valence-corrected chi connectivity index (χ4v) is 4.51. The third kappa shape index (κ3) is 2.94. The van der Waals surface area contributed by atoms with Crippen molar-refractivity contribution in [3.63, 3.8) is 0 Å². The van der Waals surface area contributed by atoms with Gasteiger partial charge in [0, 0.05) is 37.4 Å². The van der Waals surface area contributed by atoms with Crippen molar-refractivity contribution >= 4 is 5.91 Å². The quantitative estimate of drug-likeness (QED) is 0.845. The van der Waals surface area contributed by atoms with Gasteiger partial charge >= 0.3 is 0 Å². The molecule has 6 nitrogen and oxygen atoms in total. The highest BCUT2D eigenvalue weighted by molar-refractivity contribution is 5.83. The smallest absolute Gasteiger partial charge is 0.241 e. The molecule has 1 aromatic rings. The third-order valence-electron chi connectivity index (χ3n) is 5.83. The Hall–Kier alpha value is -1.50. The average Bonchev–Trinajstić information content (AvgIpc) is 3.05. The first-order valence-electron chi connectivity index (χ1n) is 9.14. The number of piperidine rings is 2. The predicted octanol–water partition coefficient (Wildman–Crippen LogP) is 0.932. The first-order chi connectivity index (χ1) is 11.7. The molecule has 130 valence electrons. The summed E-state index contributed by atoms with van der Waals surface area (Å²) in [6.07, 6.45) is 8.11. The molecule has 6 heteroatoms. The molecule has 2 N–H and O–H groups in total. The highest BCUT2D eigenvalue weighted by Gasteiger charge is 2.45. The Balaban J connectivity index is 1.54.